The molecule has 1 saturated heterocycles. The Bertz CT molecular complexity index is 1060. The summed E-state index contributed by atoms with van der Waals surface area (Å²) in [6, 6.07) is 7.94. The minimum absolute atomic E-state index is 0.0297. The topological polar surface area (TPSA) is 138 Å². The van der Waals surface area contributed by atoms with E-state index in [1.165, 1.54) is 14.0 Å². The van der Waals surface area contributed by atoms with Crippen molar-refractivity contribution in [3.63, 3.8) is 0 Å². The number of carbonyl (C=O) groups excluding carboxylic acids is 4. The van der Waals surface area contributed by atoms with Gasteiger partial charge in [-0.1, -0.05) is 57.5 Å². The molecule has 0 spiro atoms. The second-order valence-corrected chi connectivity index (χ2v) is 11.7. The number of nitrogens with zero attached hydrogens (tertiary/aromatic N) is 2. The maximum absolute atomic E-state index is 13.8. The molecule has 11 heteroatoms. The average Bonchev–Trinajstić information content (AvgIpc) is 3.49. The summed E-state index contributed by atoms with van der Waals surface area (Å²) in [7, 11) is 4.76. The molecule has 0 unspecified atom stereocenters. The molecule has 1 heterocycles. The van der Waals surface area contributed by atoms with Crippen molar-refractivity contribution >= 4 is 23.6 Å². The van der Waals surface area contributed by atoms with Gasteiger partial charge in [0.25, 0.3) is 0 Å². The average molecular weight is 605 g/mol. The van der Waals surface area contributed by atoms with Gasteiger partial charge in [-0.05, 0) is 31.2 Å². The van der Waals surface area contributed by atoms with Crippen LogP contribution >= 0.6 is 0 Å². The van der Waals surface area contributed by atoms with Crippen molar-refractivity contribution in [3.05, 3.63) is 35.9 Å². The lowest BCUT2D eigenvalue weighted by molar-refractivity contribution is -0.146. The number of amides is 4. The first-order valence-corrected chi connectivity index (χ1v) is 15.3. The monoisotopic (exact) mass is 604 g/mol. The van der Waals surface area contributed by atoms with Gasteiger partial charge in [0.05, 0.1) is 55.3 Å². The van der Waals surface area contributed by atoms with Crippen molar-refractivity contribution in [2.24, 2.45) is 11.8 Å². The summed E-state index contributed by atoms with van der Waals surface area (Å²) in [5.41, 5.74) is 0.713. The zero-order chi connectivity index (χ0) is 32.3. The molecular formula is C32H52N4O7. The fourth-order valence-corrected chi connectivity index (χ4v) is 6.02. The van der Waals surface area contributed by atoms with Crippen LogP contribution in [0.15, 0.2) is 30.3 Å². The Hall–Kier alpha value is -3.02. The van der Waals surface area contributed by atoms with Crippen LogP contribution in [0.1, 0.15) is 72.0 Å². The number of likely N-dealkylation sites (tertiary alicyclic amines) is 1. The van der Waals surface area contributed by atoms with Crippen molar-refractivity contribution in [2.75, 3.05) is 34.4 Å². The summed E-state index contributed by atoms with van der Waals surface area (Å²) in [6.45, 7) is 9.32. The Labute approximate surface area is 256 Å². The number of hydrogen-bond acceptors (Lipinski definition) is 7. The van der Waals surface area contributed by atoms with Gasteiger partial charge >= 0.3 is 0 Å². The van der Waals surface area contributed by atoms with Crippen molar-refractivity contribution in [1.82, 2.24) is 20.4 Å². The first kappa shape index (κ1) is 36.2. The van der Waals surface area contributed by atoms with E-state index >= 15 is 0 Å². The van der Waals surface area contributed by atoms with Gasteiger partial charge in [0, 0.05) is 34.7 Å². The van der Waals surface area contributed by atoms with Crippen molar-refractivity contribution < 1.29 is 33.8 Å². The zero-order valence-corrected chi connectivity index (χ0v) is 27.0. The molecular weight excluding hydrogens is 552 g/mol. The maximum Gasteiger partial charge on any atom is 0.242 e. The van der Waals surface area contributed by atoms with Crippen LogP contribution in [0.5, 0.6) is 0 Å². The SMILES string of the molecule is CC[C@H](C)[C@@H]([C@@H](CC(=O)N1CCC[C@H]1[C@H](OC)[C@@H](C)C(=O)N[C@H](C)[C@@H](O)c1ccccc1)OC)N(C)C(=O)CNC(C)=O. The number of ether oxygens (including phenoxy) is 2. The highest BCUT2D eigenvalue weighted by molar-refractivity contribution is 5.84. The first-order valence-electron chi connectivity index (χ1n) is 15.3. The number of nitrogens with one attached hydrogen (secondary N) is 2. The molecule has 0 bridgehead atoms. The van der Waals surface area contributed by atoms with Gasteiger partial charge in [0.1, 0.15) is 0 Å². The zero-order valence-electron chi connectivity index (χ0n) is 27.0. The Kier molecular flexibility index (Phi) is 14.6. The largest absolute Gasteiger partial charge is 0.386 e. The molecule has 0 aliphatic carbocycles. The molecule has 1 aromatic rings. The summed E-state index contributed by atoms with van der Waals surface area (Å²) in [5.74, 6) is -1.51. The summed E-state index contributed by atoms with van der Waals surface area (Å²) < 4.78 is 11.7. The smallest absolute Gasteiger partial charge is 0.242 e. The van der Waals surface area contributed by atoms with Crippen molar-refractivity contribution in [3.8, 4) is 0 Å². The molecule has 1 aromatic carbocycles. The molecule has 242 valence electrons. The van der Waals surface area contributed by atoms with Crippen molar-refractivity contribution in [2.45, 2.75) is 96.7 Å². The second-order valence-electron chi connectivity index (χ2n) is 11.7. The van der Waals surface area contributed by atoms with Gasteiger partial charge in [-0.25, -0.2) is 0 Å². The third kappa shape index (κ3) is 9.74. The van der Waals surface area contributed by atoms with E-state index in [2.05, 4.69) is 10.6 Å². The summed E-state index contributed by atoms with van der Waals surface area (Å²) >= 11 is 0. The lowest BCUT2D eigenvalue weighted by Crippen LogP contribution is -2.54. The fraction of sp³-hybridized carbons (Fsp3) is 0.688. The number of rotatable bonds is 16. The van der Waals surface area contributed by atoms with Crippen LogP contribution in [0, 0.1) is 11.8 Å². The fourth-order valence-electron chi connectivity index (χ4n) is 6.02. The number of aliphatic hydroxyl groups is 1. The third-order valence-corrected chi connectivity index (χ3v) is 8.78. The standard InChI is InChI=1S/C32H52N4O7/c1-9-20(2)29(35(6)28(39)19-33-23(5)37)26(42-7)18-27(38)36-17-13-16-25(36)31(43-8)21(3)32(41)34-22(4)30(40)24-14-11-10-12-15-24/h10-12,14-15,20-22,25-26,29-31,40H,9,13,16-19H2,1-8H3,(H,33,37)(H,34,41)/t20-,21+,22+,25-,26+,29-,30+,31+/m0/s1. The van der Waals surface area contributed by atoms with Crippen LogP contribution in [-0.2, 0) is 28.7 Å². The lowest BCUT2D eigenvalue weighted by atomic mass is 9.90. The second kappa shape index (κ2) is 17.3. The van der Waals surface area contributed by atoms with Crippen molar-refractivity contribution in [1.29, 1.82) is 0 Å². The van der Waals surface area contributed by atoms with E-state index in [1.807, 2.05) is 44.2 Å². The Morgan fingerprint density at radius 3 is 2.30 bits per heavy atom. The highest BCUT2D eigenvalue weighted by Gasteiger charge is 2.42. The van der Waals surface area contributed by atoms with E-state index in [4.69, 9.17) is 9.47 Å². The Morgan fingerprint density at radius 1 is 1.09 bits per heavy atom. The summed E-state index contributed by atoms with van der Waals surface area (Å²) in [4.78, 5) is 54.7. The first-order chi connectivity index (χ1) is 20.4. The Morgan fingerprint density at radius 2 is 1.74 bits per heavy atom. The molecule has 11 nitrogen and oxygen atoms in total. The summed E-state index contributed by atoms with van der Waals surface area (Å²) in [5, 5.41) is 16.2. The number of aliphatic hydroxyl groups excluding tert-OH is 1. The predicted molar refractivity (Wildman–Crippen MR) is 164 cm³/mol. The van der Waals surface area contributed by atoms with E-state index < -0.39 is 30.3 Å². The van der Waals surface area contributed by atoms with E-state index in [0.29, 0.717) is 18.5 Å². The van der Waals surface area contributed by atoms with E-state index in [1.54, 1.807) is 37.8 Å². The van der Waals surface area contributed by atoms with Crippen LogP contribution in [0.25, 0.3) is 0 Å². The van der Waals surface area contributed by atoms with Gasteiger partial charge in [-0.3, -0.25) is 19.2 Å². The summed E-state index contributed by atoms with van der Waals surface area (Å²) in [6.07, 6.45) is 0.282. The molecule has 1 aliphatic rings. The van der Waals surface area contributed by atoms with Gasteiger partial charge in [0.15, 0.2) is 0 Å². The van der Waals surface area contributed by atoms with Crippen LogP contribution in [-0.4, -0.2) is 103 Å². The van der Waals surface area contributed by atoms with E-state index in [-0.39, 0.29) is 54.6 Å². The van der Waals surface area contributed by atoms with E-state index in [9.17, 15) is 24.3 Å². The van der Waals surface area contributed by atoms with Gasteiger partial charge in [-0.2, -0.15) is 0 Å². The lowest BCUT2D eigenvalue weighted by Gasteiger charge is -2.39. The van der Waals surface area contributed by atoms with E-state index in [0.717, 1.165) is 12.8 Å². The number of hydrogen-bond donors (Lipinski definition) is 3. The quantitative estimate of drug-likeness (QED) is 0.263. The maximum atomic E-state index is 13.8. The third-order valence-electron chi connectivity index (χ3n) is 8.78. The minimum Gasteiger partial charge on any atom is -0.386 e. The molecule has 3 N–H and O–H groups in total. The molecule has 0 aromatic heterocycles. The molecule has 4 amide bonds. The minimum atomic E-state index is -0.865. The molecule has 0 radical (unpaired) electrons. The van der Waals surface area contributed by atoms with Crippen LogP contribution < -0.4 is 10.6 Å². The highest BCUT2D eigenvalue weighted by atomic mass is 16.5. The predicted octanol–water partition coefficient (Wildman–Crippen LogP) is 2.28. The van der Waals surface area contributed by atoms with Crippen LogP contribution in [0.2, 0.25) is 0 Å². The molecule has 43 heavy (non-hydrogen) atoms. The van der Waals surface area contributed by atoms with Crippen LogP contribution in [0.3, 0.4) is 0 Å². The number of likely N-dealkylation sites (N-methyl/N-ethyl adjacent to an activating group) is 1. The molecule has 1 fully saturated rings. The number of carbonyl (C=O) groups is 4. The molecule has 8 atom stereocenters. The number of benzene rings is 1. The Balaban J connectivity index is 2.14. The number of methoxy groups -OCH3 is 2. The van der Waals surface area contributed by atoms with Gasteiger partial charge in [0.2, 0.25) is 23.6 Å². The van der Waals surface area contributed by atoms with Gasteiger partial charge in [-0.15, -0.1) is 0 Å². The molecule has 1 aliphatic heterocycles. The molecule has 2 rings (SSSR count). The normalized spacial score (nSPS) is 19.8. The van der Waals surface area contributed by atoms with Gasteiger partial charge < -0.3 is 35.0 Å². The van der Waals surface area contributed by atoms with Crippen LogP contribution in [0.4, 0.5) is 0 Å². The highest BCUT2D eigenvalue weighted by Crippen LogP contribution is 2.29. The molecule has 0 saturated carbocycles.